The van der Waals surface area contributed by atoms with Crippen molar-refractivity contribution in [2.75, 3.05) is 20.3 Å². The number of hydrogen-bond donors (Lipinski definition) is 1. The number of halogens is 1. The molecular weight excluding hydrogens is 402 g/mol. The number of amides is 1. The topological polar surface area (TPSA) is 76.1 Å². The van der Waals surface area contributed by atoms with Crippen molar-refractivity contribution >= 4 is 27.8 Å². The highest BCUT2D eigenvalue weighted by Gasteiger charge is 2.30. The molecule has 1 N–H and O–H groups in total. The van der Waals surface area contributed by atoms with E-state index in [1.807, 2.05) is 30.3 Å². The smallest absolute Gasteiger partial charge is 0.339 e. The maximum atomic E-state index is 13.1. The number of fused-ring (bicyclic) bond motifs is 1. The van der Waals surface area contributed by atoms with Crippen LogP contribution in [0.15, 0.2) is 46.9 Å². The number of rotatable bonds is 4. The van der Waals surface area contributed by atoms with Crippen LogP contribution in [0, 0.1) is 0 Å². The van der Waals surface area contributed by atoms with Gasteiger partial charge in [-0.2, -0.15) is 0 Å². The standard InChI is InChI=1S/C19H18BrNO5/c1-25-19(24)17(22)13-7-8-14-15(16(13)20)18(23)21(9-10-26-14)11-12-5-3-2-4-6-12/h2-8,17,22H,9-11H2,1H3. The molecule has 1 heterocycles. The molecule has 1 aliphatic rings. The fraction of sp³-hybridized carbons (Fsp3) is 0.263. The van der Waals surface area contributed by atoms with Gasteiger partial charge < -0.3 is 19.5 Å². The maximum absolute atomic E-state index is 13.1. The Balaban J connectivity index is 1.96. The Kier molecular flexibility index (Phi) is 5.58. The zero-order chi connectivity index (χ0) is 18.7. The molecule has 2 aromatic rings. The van der Waals surface area contributed by atoms with E-state index >= 15 is 0 Å². The van der Waals surface area contributed by atoms with Crippen LogP contribution in [0.25, 0.3) is 0 Å². The van der Waals surface area contributed by atoms with Crippen molar-refractivity contribution < 1.29 is 24.2 Å². The Morgan fingerprint density at radius 3 is 2.73 bits per heavy atom. The number of methoxy groups -OCH3 is 1. The fourth-order valence-electron chi connectivity index (χ4n) is 2.82. The molecule has 0 aromatic heterocycles. The first-order valence-corrected chi connectivity index (χ1v) is 8.86. The van der Waals surface area contributed by atoms with Gasteiger partial charge in [0.25, 0.3) is 5.91 Å². The molecule has 2 aromatic carbocycles. The Bertz CT molecular complexity index is 824. The van der Waals surface area contributed by atoms with Gasteiger partial charge in [-0.1, -0.05) is 36.4 Å². The van der Waals surface area contributed by atoms with E-state index in [4.69, 9.17) is 4.74 Å². The normalized spacial score (nSPS) is 14.9. The molecular formula is C19H18BrNO5. The van der Waals surface area contributed by atoms with E-state index in [9.17, 15) is 14.7 Å². The molecule has 0 bridgehead atoms. The van der Waals surface area contributed by atoms with E-state index in [1.165, 1.54) is 7.11 Å². The molecule has 1 atom stereocenters. The number of nitrogens with zero attached hydrogens (tertiary/aromatic N) is 1. The highest BCUT2D eigenvalue weighted by Crippen LogP contribution is 2.36. The Hall–Kier alpha value is -2.38. The van der Waals surface area contributed by atoms with Gasteiger partial charge in [-0.25, -0.2) is 4.79 Å². The largest absolute Gasteiger partial charge is 0.491 e. The van der Waals surface area contributed by atoms with E-state index < -0.39 is 12.1 Å². The molecule has 1 unspecified atom stereocenters. The molecule has 0 spiro atoms. The van der Waals surface area contributed by atoms with E-state index in [1.54, 1.807) is 17.0 Å². The van der Waals surface area contributed by atoms with Crippen molar-refractivity contribution in [3.8, 4) is 5.75 Å². The highest BCUT2D eigenvalue weighted by molar-refractivity contribution is 9.10. The fourth-order valence-corrected chi connectivity index (χ4v) is 3.54. The average molecular weight is 420 g/mol. The third kappa shape index (κ3) is 3.59. The van der Waals surface area contributed by atoms with Crippen LogP contribution in [0.2, 0.25) is 0 Å². The number of aliphatic hydroxyl groups is 1. The number of esters is 1. The number of carbonyl (C=O) groups excluding carboxylic acids is 2. The van der Waals surface area contributed by atoms with Crippen molar-refractivity contribution in [1.29, 1.82) is 0 Å². The number of carbonyl (C=O) groups is 2. The van der Waals surface area contributed by atoms with E-state index in [0.29, 0.717) is 35.5 Å². The predicted molar refractivity (Wildman–Crippen MR) is 97.8 cm³/mol. The Morgan fingerprint density at radius 2 is 2.04 bits per heavy atom. The summed E-state index contributed by atoms with van der Waals surface area (Å²) in [6, 6.07) is 12.8. The zero-order valence-electron chi connectivity index (χ0n) is 14.1. The van der Waals surface area contributed by atoms with Gasteiger partial charge in [0.15, 0.2) is 6.10 Å². The van der Waals surface area contributed by atoms with E-state index in [0.717, 1.165) is 5.56 Å². The van der Waals surface area contributed by atoms with E-state index in [2.05, 4.69) is 20.7 Å². The summed E-state index contributed by atoms with van der Waals surface area (Å²) in [5, 5.41) is 10.2. The third-order valence-electron chi connectivity index (χ3n) is 4.19. The molecule has 1 amide bonds. The molecule has 136 valence electrons. The molecule has 0 saturated heterocycles. The summed E-state index contributed by atoms with van der Waals surface area (Å²) in [4.78, 5) is 26.4. The van der Waals surface area contributed by atoms with E-state index in [-0.39, 0.29) is 11.5 Å². The summed E-state index contributed by atoms with van der Waals surface area (Å²) in [5.74, 6) is -0.612. The lowest BCUT2D eigenvalue weighted by Gasteiger charge is -2.21. The van der Waals surface area contributed by atoms with Gasteiger partial charge in [-0.3, -0.25) is 4.79 Å². The van der Waals surface area contributed by atoms with Crippen molar-refractivity contribution in [2.24, 2.45) is 0 Å². The zero-order valence-corrected chi connectivity index (χ0v) is 15.7. The molecule has 0 fully saturated rings. The lowest BCUT2D eigenvalue weighted by molar-refractivity contribution is -0.150. The van der Waals surface area contributed by atoms with Crippen LogP contribution in [0.4, 0.5) is 0 Å². The van der Waals surface area contributed by atoms with Gasteiger partial charge in [0.05, 0.1) is 19.2 Å². The van der Waals surface area contributed by atoms with Gasteiger partial charge in [0, 0.05) is 16.6 Å². The Morgan fingerprint density at radius 1 is 1.31 bits per heavy atom. The molecule has 7 heteroatoms. The Labute approximate surface area is 159 Å². The highest BCUT2D eigenvalue weighted by atomic mass is 79.9. The van der Waals surface area contributed by atoms with Gasteiger partial charge in [0.2, 0.25) is 0 Å². The second-order valence-corrected chi connectivity index (χ2v) is 6.62. The average Bonchev–Trinajstić information content (AvgIpc) is 2.81. The van der Waals surface area contributed by atoms with Crippen molar-refractivity contribution in [3.05, 3.63) is 63.6 Å². The number of hydrogen-bond acceptors (Lipinski definition) is 5. The summed E-state index contributed by atoms with van der Waals surface area (Å²) in [6.07, 6.45) is -1.49. The predicted octanol–water partition coefficient (Wildman–Crippen LogP) is 2.69. The maximum Gasteiger partial charge on any atom is 0.339 e. The summed E-state index contributed by atoms with van der Waals surface area (Å²) in [5.41, 5.74) is 1.55. The second kappa shape index (κ2) is 7.88. The first-order valence-electron chi connectivity index (χ1n) is 8.07. The third-order valence-corrected chi connectivity index (χ3v) is 5.04. The van der Waals surface area contributed by atoms with Crippen molar-refractivity contribution in [3.63, 3.8) is 0 Å². The molecule has 1 aliphatic heterocycles. The van der Waals surface area contributed by atoms with Crippen LogP contribution >= 0.6 is 15.9 Å². The van der Waals surface area contributed by atoms with Crippen LogP contribution in [0.5, 0.6) is 5.75 Å². The molecule has 0 radical (unpaired) electrons. The van der Waals surface area contributed by atoms with Gasteiger partial charge >= 0.3 is 5.97 Å². The summed E-state index contributed by atoms with van der Waals surface area (Å²) in [6.45, 7) is 1.24. The molecule has 0 aliphatic carbocycles. The van der Waals surface area contributed by atoms with Crippen molar-refractivity contribution in [1.82, 2.24) is 4.90 Å². The lowest BCUT2D eigenvalue weighted by atomic mass is 10.0. The second-order valence-electron chi connectivity index (χ2n) is 5.83. The minimum Gasteiger partial charge on any atom is -0.491 e. The number of benzene rings is 2. The molecule has 26 heavy (non-hydrogen) atoms. The first-order chi connectivity index (χ1) is 12.5. The molecule has 3 rings (SSSR count). The quantitative estimate of drug-likeness (QED) is 0.770. The van der Waals surface area contributed by atoms with Crippen LogP contribution < -0.4 is 4.74 Å². The van der Waals surface area contributed by atoms with Crippen LogP contribution in [-0.4, -0.2) is 42.1 Å². The summed E-state index contributed by atoms with van der Waals surface area (Å²) in [7, 11) is 1.19. The minimum absolute atomic E-state index is 0.229. The van der Waals surface area contributed by atoms with Crippen molar-refractivity contribution in [2.45, 2.75) is 12.6 Å². The lowest BCUT2D eigenvalue weighted by Crippen LogP contribution is -2.32. The van der Waals surface area contributed by atoms with Gasteiger partial charge in [-0.05, 0) is 27.6 Å². The van der Waals surface area contributed by atoms with Gasteiger partial charge in [0.1, 0.15) is 12.4 Å². The number of aliphatic hydroxyl groups excluding tert-OH is 1. The molecule has 0 saturated carbocycles. The van der Waals surface area contributed by atoms with Crippen LogP contribution in [0.3, 0.4) is 0 Å². The number of ether oxygens (including phenoxy) is 2. The van der Waals surface area contributed by atoms with Crippen LogP contribution in [-0.2, 0) is 16.1 Å². The summed E-state index contributed by atoms with van der Waals surface area (Å²) >= 11 is 3.36. The first kappa shape index (κ1) is 18.4. The molecule has 6 nitrogen and oxygen atoms in total. The SMILES string of the molecule is COC(=O)C(O)c1ccc2c(c1Br)C(=O)N(Cc1ccccc1)CCO2. The van der Waals surface area contributed by atoms with Gasteiger partial charge in [-0.15, -0.1) is 0 Å². The monoisotopic (exact) mass is 419 g/mol. The minimum atomic E-state index is -1.49. The van der Waals surface area contributed by atoms with Crippen LogP contribution in [0.1, 0.15) is 27.6 Å². The summed E-state index contributed by atoms with van der Waals surface area (Å²) < 4.78 is 10.6.